The van der Waals surface area contributed by atoms with E-state index in [2.05, 4.69) is 22.6 Å². The third-order valence-electron chi connectivity index (χ3n) is 3.73. The van der Waals surface area contributed by atoms with Crippen LogP contribution in [0.25, 0.3) is 0 Å². The lowest BCUT2D eigenvalue weighted by atomic mass is 9.95. The molecule has 2 N–H and O–H groups in total. The molecule has 2 aliphatic heterocycles. The first-order valence-corrected chi connectivity index (χ1v) is 6.45. The highest BCUT2D eigenvalue weighted by Gasteiger charge is 2.25. The summed E-state index contributed by atoms with van der Waals surface area (Å²) in [6.07, 6.45) is 4.34. The number of piperidine rings is 2. The zero-order valence-corrected chi connectivity index (χ0v) is 10.2. The second-order valence-electron chi connectivity index (χ2n) is 5.13. The molecule has 1 atom stereocenters. The summed E-state index contributed by atoms with van der Waals surface area (Å²) in [5.41, 5.74) is 0. The van der Waals surface area contributed by atoms with E-state index in [4.69, 9.17) is 0 Å². The molecule has 2 rings (SSSR count). The molecule has 2 fully saturated rings. The fourth-order valence-electron chi connectivity index (χ4n) is 2.56. The summed E-state index contributed by atoms with van der Waals surface area (Å²) in [5.74, 6) is 0.528. The van der Waals surface area contributed by atoms with Crippen molar-refractivity contribution in [2.75, 3.05) is 33.2 Å². The number of likely N-dealkylation sites (tertiary alicyclic amines) is 1. The number of nitrogens with zero attached hydrogens (tertiary/aromatic N) is 1. The van der Waals surface area contributed by atoms with Crippen molar-refractivity contribution in [3.8, 4) is 0 Å². The van der Waals surface area contributed by atoms with E-state index in [0.717, 1.165) is 45.4 Å². The van der Waals surface area contributed by atoms with E-state index in [1.54, 1.807) is 0 Å². The van der Waals surface area contributed by atoms with Gasteiger partial charge in [0.1, 0.15) is 0 Å². The standard InChI is InChI=1S/C12H23N3O/c1-15-7-4-10(5-8-15)12(16)14-11-3-2-6-13-9-11/h10-11,13H,2-9H2,1H3,(H,14,16)/t11-/m0/s1. The van der Waals surface area contributed by atoms with Gasteiger partial charge in [0.15, 0.2) is 0 Å². The quantitative estimate of drug-likeness (QED) is 0.705. The van der Waals surface area contributed by atoms with Crippen molar-refractivity contribution in [1.82, 2.24) is 15.5 Å². The van der Waals surface area contributed by atoms with Crippen LogP contribution >= 0.6 is 0 Å². The van der Waals surface area contributed by atoms with Crippen LogP contribution in [0, 0.1) is 5.92 Å². The summed E-state index contributed by atoms with van der Waals surface area (Å²) in [5, 5.41) is 6.51. The van der Waals surface area contributed by atoms with Crippen molar-refractivity contribution in [2.45, 2.75) is 31.7 Å². The smallest absolute Gasteiger partial charge is 0.223 e. The maximum absolute atomic E-state index is 12.0. The Morgan fingerprint density at radius 2 is 2.06 bits per heavy atom. The van der Waals surface area contributed by atoms with Crippen LogP contribution in [-0.2, 0) is 4.79 Å². The molecule has 0 saturated carbocycles. The highest BCUT2D eigenvalue weighted by atomic mass is 16.1. The van der Waals surface area contributed by atoms with Gasteiger partial charge in [-0.3, -0.25) is 4.79 Å². The molecule has 0 aromatic heterocycles. The van der Waals surface area contributed by atoms with Crippen LogP contribution in [-0.4, -0.2) is 50.1 Å². The lowest BCUT2D eigenvalue weighted by Crippen LogP contribution is -2.48. The topological polar surface area (TPSA) is 44.4 Å². The minimum absolute atomic E-state index is 0.248. The molecule has 0 aromatic carbocycles. The first kappa shape index (κ1) is 11.9. The van der Waals surface area contributed by atoms with E-state index in [1.165, 1.54) is 6.42 Å². The second kappa shape index (κ2) is 5.64. The molecular weight excluding hydrogens is 202 g/mol. The molecular formula is C12H23N3O. The number of carbonyl (C=O) groups is 1. The fraction of sp³-hybridized carbons (Fsp3) is 0.917. The van der Waals surface area contributed by atoms with Crippen LogP contribution in [0.1, 0.15) is 25.7 Å². The van der Waals surface area contributed by atoms with Gasteiger partial charge in [-0.2, -0.15) is 0 Å². The molecule has 16 heavy (non-hydrogen) atoms. The van der Waals surface area contributed by atoms with Crippen LogP contribution < -0.4 is 10.6 Å². The molecule has 92 valence electrons. The van der Waals surface area contributed by atoms with E-state index in [9.17, 15) is 4.79 Å². The van der Waals surface area contributed by atoms with Crippen LogP contribution in [0.3, 0.4) is 0 Å². The maximum Gasteiger partial charge on any atom is 0.223 e. The first-order chi connectivity index (χ1) is 7.75. The Balaban J connectivity index is 1.74. The molecule has 0 radical (unpaired) electrons. The van der Waals surface area contributed by atoms with Crippen molar-refractivity contribution in [3.05, 3.63) is 0 Å². The summed E-state index contributed by atoms with van der Waals surface area (Å²) in [7, 11) is 2.12. The average molecular weight is 225 g/mol. The number of nitrogens with one attached hydrogen (secondary N) is 2. The number of carbonyl (C=O) groups excluding carboxylic acids is 1. The normalized spacial score (nSPS) is 28.9. The predicted molar refractivity (Wildman–Crippen MR) is 64.3 cm³/mol. The second-order valence-corrected chi connectivity index (χ2v) is 5.13. The molecule has 2 saturated heterocycles. The van der Waals surface area contributed by atoms with Gasteiger partial charge in [0.25, 0.3) is 0 Å². The van der Waals surface area contributed by atoms with E-state index < -0.39 is 0 Å². The van der Waals surface area contributed by atoms with Crippen LogP contribution in [0.5, 0.6) is 0 Å². The van der Waals surface area contributed by atoms with E-state index >= 15 is 0 Å². The maximum atomic E-state index is 12.0. The van der Waals surface area contributed by atoms with Crippen molar-refractivity contribution < 1.29 is 4.79 Å². The van der Waals surface area contributed by atoms with Gasteiger partial charge < -0.3 is 15.5 Å². The van der Waals surface area contributed by atoms with Gasteiger partial charge in [-0.05, 0) is 52.4 Å². The molecule has 0 aliphatic carbocycles. The van der Waals surface area contributed by atoms with E-state index in [1.807, 2.05) is 0 Å². The van der Waals surface area contributed by atoms with Crippen LogP contribution in [0.2, 0.25) is 0 Å². The first-order valence-electron chi connectivity index (χ1n) is 6.45. The lowest BCUT2D eigenvalue weighted by molar-refractivity contribution is -0.127. The summed E-state index contributed by atoms with van der Waals surface area (Å²) >= 11 is 0. The average Bonchev–Trinajstić information content (AvgIpc) is 2.31. The predicted octanol–water partition coefficient (Wildman–Crippen LogP) is 0.196. The molecule has 0 unspecified atom stereocenters. The van der Waals surface area contributed by atoms with Crippen molar-refractivity contribution in [1.29, 1.82) is 0 Å². The Hall–Kier alpha value is -0.610. The highest BCUT2D eigenvalue weighted by Crippen LogP contribution is 2.16. The largest absolute Gasteiger partial charge is 0.352 e. The van der Waals surface area contributed by atoms with Crippen molar-refractivity contribution in [3.63, 3.8) is 0 Å². The molecule has 0 bridgehead atoms. The van der Waals surface area contributed by atoms with Crippen LogP contribution in [0.15, 0.2) is 0 Å². The van der Waals surface area contributed by atoms with E-state index in [-0.39, 0.29) is 11.8 Å². The number of amides is 1. The van der Waals surface area contributed by atoms with Gasteiger partial charge >= 0.3 is 0 Å². The van der Waals surface area contributed by atoms with Gasteiger partial charge in [-0.15, -0.1) is 0 Å². The zero-order valence-electron chi connectivity index (χ0n) is 10.2. The third kappa shape index (κ3) is 3.19. The Bertz CT molecular complexity index is 230. The molecule has 0 spiro atoms. The molecule has 4 nitrogen and oxygen atoms in total. The van der Waals surface area contributed by atoms with Gasteiger partial charge in [0.2, 0.25) is 5.91 Å². The Labute approximate surface area is 97.8 Å². The Morgan fingerprint density at radius 1 is 1.31 bits per heavy atom. The third-order valence-corrected chi connectivity index (χ3v) is 3.73. The van der Waals surface area contributed by atoms with Crippen molar-refractivity contribution in [2.24, 2.45) is 5.92 Å². The summed E-state index contributed by atoms with van der Waals surface area (Å²) in [6.45, 7) is 4.15. The van der Waals surface area contributed by atoms with Crippen LogP contribution in [0.4, 0.5) is 0 Å². The minimum Gasteiger partial charge on any atom is -0.352 e. The molecule has 1 amide bonds. The number of hydrogen-bond acceptors (Lipinski definition) is 3. The monoisotopic (exact) mass is 225 g/mol. The molecule has 2 heterocycles. The lowest BCUT2D eigenvalue weighted by Gasteiger charge is -2.30. The summed E-state index contributed by atoms with van der Waals surface area (Å²) in [4.78, 5) is 14.3. The molecule has 0 aromatic rings. The Morgan fingerprint density at radius 3 is 2.69 bits per heavy atom. The highest BCUT2D eigenvalue weighted by molar-refractivity contribution is 5.79. The van der Waals surface area contributed by atoms with Gasteiger partial charge in [-0.25, -0.2) is 0 Å². The fourth-order valence-corrected chi connectivity index (χ4v) is 2.56. The number of hydrogen-bond donors (Lipinski definition) is 2. The van der Waals surface area contributed by atoms with Gasteiger partial charge in [-0.1, -0.05) is 0 Å². The number of rotatable bonds is 2. The molecule has 2 aliphatic rings. The van der Waals surface area contributed by atoms with E-state index in [0.29, 0.717) is 6.04 Å². The molecule has 4 heteroatoms. The van der Waals surface area contributed by atoms with Crippen molar-refractivity contribution >= 4 is 5.91 Å². The Kier molecular flexibility index (Phi) is 4.18. The van der Waals surface area contributed by atoms with Gasteiger partial charge in [0.05, 0.1) is 0 Å². The SMILES string of the molecule is CN1CCC(C(=O)N[C@H]2CCCNC2)CC1. The summed E-state index contributed by atoms with van der Waals surface area (Å²) < 4.78 is 0. The minimum atomic E-state index is 0.248. The zero-order chi connectivity index (χ0) is 11.4. The summed E-state index contributed by atoms with van der Waals surface area (Å²) in [6, 6.07) is 0.362. The van der Waals surface area contributed by atoms with Gasteiger partial charge in [0, 0.05) is 18.5 Å².